The van der Waals surface area contributed by atoms with Crippen molar-refractivity contribution in [1.82, 2.24) is 0 Å². The van der Waals surface area contributed by atoms with Gasteiger partial charge >= 0.3 is 0 Å². The molecule has 0 rings (SSSR count). The highest BCUT2D eigenvalue weighted by atomic mass is 16.4. The first-order valence-corrected chi connectivity index (χ1v) is 2.64. The molecule has 1 unspecified atom stereocenters. The van der Waals surface area contributed by atoms with Crippen molar-refractivity contribution in [3.8, 4) is 0 Å². The lowest BCUT2D eigenvalue weighted by Crippen LogP contribution is -2.46. The summed E-state index contributed by atoms with van der Waals surface area (Å²) >= 11 is 0. The van der Waals surface area contributed by atoms with Gasteiger partial charge in [-0.25, -0.2) is 0 Å². The van der Waals surface area contributed by atoms with Gasteiger partial charge in [0.2, 0.25) is 0 Å². The summed E-state index contributed by atoms with van der Waals surface area (Å²) in [5.74, 6) is -1.50. The number of carboxylic acid groups (broad SMARTS) is 1. The smallest absolute Gasteiger partial charge is 0.121 e. The van der Waals surface area contributed by atoms with Gasteiger partial charge in [0.25, 0.3) is 0 Å². The molecule has 3 nitrogen and oxygen atoms in total. The van der Waals surface area contributed by atoms with Crippen molar-refractivity contribution < 1.29 is 15.0 Å². The van der Waals surface area contributed by atoms with E-state index in [1.807, 2.05) is 0 Å². The molecule has 9 heavy (non-hydrogen) atoms. The molecule has 0 aromatic heterocycles. The van der Waals surface area contributed by atoms with Crippen molar-refractivity contribution in [1.29, 1.82) is 0 Å². The molecule has 0 aromatic rings. The lowest BCUT2D eigenvalue weighted by molar-refractivity contribution is -0.321. The molecule has 52 valence electrons. The molecule has 1 N–H and O–H groups in total. The Bertz CT molecular complexity index is 130. The molecule has 1 atom stereocenters. The van der Waals surface area contributed by atoms with Crippen LogP contribution in [0.25, 0.3) is 0 Å². The minimum absolute atomic E-state index is 0.0822. The number of carboxylic acids is 1. The summed E-state index contributed by atoms with van der Waals surface area (Å²) in [6, 6.07) is 0. The van der Waals surface area contributed by atoms with E-state index in [0.29, 0.717) is 0 Å². The van der Waals surface area contributed by atoms with Crippen molar-refractivity contribution in [2.45, 2.75) is 18.9 Å². The van der Waals surface area contributed by atoms with E-state index in [1.54, 1.807) is 0 Å². The quantitative estimate of drug-likeness (QED) is 0.500. The summed E-state index contributed by atoms with van der Waals surface area (Å²) in [4.78, 5) is 10.1. The predicted octanol–water partition coefficient (Wildman–Crippen LogP) is -0.937. The minimum Gasteiger partial charge on any atom is -0.547 e. The fourth-order valence-corrected chi connectivity index (χ4v) is 0.372. The third-order valence-electron chi connectivity index (χ3n) is 1.23. The van der Waals surface area contributed by atoms with Gasteiger partial charge in [-0.1, -0.05) is 19.6 Å². The Labute approximate surface area is 53.6 Å². The van der Waals surface area contributed by atoms with Crippen LogP contribution in [0.5, 0.6) is 0 Å². The fourth-order valence-electron chi connectivity index (χ4n) is 0.372. The number of rotatable bonds is 3. The Morgan fingerprint density at radius 1 is 2.00 bits per heavy atom. The molecule has 3 heteroatoms. The van der Waals surface area contributed by atoms with E-state index in [1.165, 1.54) is 6.92 Å². The van der Waals surface area contributed by atoms with Crippen LogP contribution >= 0.6 is 0 Å². The third kappa shape index (κ3) is 1.54. The summed E-state index contributed by atoms with van der Waals surface area (Å²) in [5.41, 5.74) is -1.85. The standard InChI is InChI=1S/C6H10O3/c1-3-6(9,4-2)5(7)8/h3,9H,1,4H2,2H3,(H,7,8)/p-1. The molecule has 0 fully saturated rings. The highest BCUT2D eigenvalue weighted by Crippen LogP contribution is 2.08. The van der Waals surface area contributed by atoms with E-state index >= 15 is 0 Å². The Balaban J connectivity index is 4.27. The van der Waals surface area contributed by atoms with Gasteiger partial charge in [0.1, 0.15) is 5.60 Å². The van der Waals surface area contributed by atoms with E-state index in [0.717, 1.165) is 6.08 Å². The van der Waals surface area contributed by atoms with Gasteiger partial charge in [-0.15, -0.1) is 0 Å². The van der Waals surface area contributed by atoms with E-state index in [-0.39, 0.29) is 6.42 Å². The molecular formula is C6H9O3-. The van der Waals surface area contributed by atoms with Gasteiger partial charge < -0.3 is 15.0 Å². The maximum Gasteiger partial charge on any atom is 0.121 e. The first-order chi connectivity index (χ1) is 4.06. The molecule has 0 aliphatic heterocycles. The lowest BCUT2D eigenvalue weighted by atomic mass is 10.0. The van der Waals surface area contributed by atoms with E-state index in [4.69, 9.17) is 5.11 Å². The maximum absolute atomic E-state index is 10.1. The van der Waals surface area contributed by atoms with Crippen LogP contribution < -0.4 is 5.11 Å². The molecule has 0 radical (unpaired) electrons. The average Bonchev–Trinajstić information content (AvgIpc) is 1.86. The van der Waals surface area contributed by atoms with Crippen LogP contribution in [-0.2, 0) is 4.79 Å². The monoisotopic (exact) mass is 129 g/mol. The maximum atomic E-state index is 10.1. The van der Waals surface area contributed by atoms with Crippen molar-refractivity contribution in [3.05, 3.63) is 12.7 Å². The number of hydrogen-bond acceptors (Lipinski definition) is 3. The first-order valence-electron chi connectivity index (χ1n) is 2.64. The second-order valence-electron chi connectivity index (χ2n) is 1.77. The van der Waals surface area contributed by atoms with E-state index in [9.17, 15) is 9.90 Å². The van der Waals surface area contributed by atoms with Gasteiger partial charge in [0, 0.05) is 0 Å². The largest absolute Gasteiger partial charge is 0.547 e. The summed E-state index contributed by atoms with van der Waals surface area (Å²) in [7, 11) is 0. The molecular weight excluding hydrogens is 120 g/mol. The van der Waals surface area contributed by atoms with Crippen LogP contribution in [-0.4, -0.2) is 16.7 Å². The molecule has 0 bridgehead atoms. The van der Waals surface area contributed by atoms with Gasteiger partial charge in [-0.2, -0.15) is 0 Å². The summed E-state index contributed by atoms with van der Waals surface area (Å²) < 4.78 is 0. The zero-order chi connectivity index (χ0) is 7.49. The first kappa shape index (κ1) is 8.17. The van der Waals surface area contributed by atoms with Crippen molar-refractivity contribution in [3.63, 3.8) is 0 Å². The Morgan fingerprint density at radius 3 is 2.44 bits per heavy atom. The predicted molar refractivity (Wildman–Crippen MR) is 30.4 cm³/mol. The second kappa shape index (κ2) is 2.64. The Kier molecular flexibility index (Phi) is 2.40. The number of carbonyl (C=O) groups excluding carboxylic acids is 1. The topological polar surface area (TPSA) is 60.4 Å². The van der Waals surface area contributed by atoms with Gasteiger partial charge in [-0.05, 0) is 6.42 Å². The van der Waals surface area contributed by atoms with Crippen molar-refractivity contribution in [2.75, 3.05) is 0 Å². The molecule has 0 spiro atoms. The lowest BCUT2D eigenvalue weighted by Gasteiger charge is -2.22. The molecule has 0 saturated heterocycles. The normalized spacial score (nSPS) is 16.2. The SMILES string of the molecule is C=CC(O)(CC)C(=O)[O-]. The third-order valence-corrected chi connectivity index (χ3v) is 1.23. The molecule has 0 saturated carbocycles. The number of carbonyl (C=O) groups is 1. The Morgan fingerprint density at radius 2 is 2.44 bits per heavy atom. The molecule has 0 aromatic carbocycles. The van der Waals surface area contributed by atoms with Crippen molar-refractivity contribution >= 4 is 5.97 Å². The highest BCUT2D eigenvalue weighted by molar-refractivity contribution is 5.77. The summed E-state index contributed by atoms with van der Waals surface area (Å²) in [6.45, 7) is 4.69. The van der Waals surface area contributed by atoms with Gasteiger partial charge in [0.05, 0.1) is 5.97 Å². The molecule has 0 heterocycles. The molecule has 0 aliphatic carbocycles. The number of aliphatic hydroxyl groups is 1. The highest BCUT2D eigenvalue weighted by Gasteiger charge is 2.20. The molecule has 0 aliphatic rings. The second-order valence-corrected chi connectivity index (χ2v) is 1.77. The van der Waals surface area contributed by atoms with E-state index in [2.05, 4.69) is 6.58 Å². The number of aliphatic carboxylic acids is 1. The van der Waals surface area contributed by atoms with Crippen LogP contribution in [0.4, 0.5) is 0 Å². The van der Waals surface area contributed by atoms with E-state index < -0.39 is 11.6 Å². The summed E-state index contributed by atoms with van der Waals surface area (Å²) in [6.07, 6.45) is 1.04. The van der Waals surface area contributed by atoms with Gasteiger partial charge in [0.15, 0.2) is 0 Å². The van der Waals surface area contributed by atoms with Crippen molar-refractivity contribution in [2.24, 2.45) is 0 Å². The van der Waals surface area contributed by atoms with Crippen LogP contribution in [0.3, 0.4) is 0 Å². The summed E-state index contributed by atoms with van der Waals surface area (Å²) in [5, 5.41) is 19.0. The zero-order valence-electron chi connectivity index (χ0n) is 5.26. The zero-order valence-corrected chi connectivity index (χ0v) is 5.26. The van der Waals surface area contributed by atoms with Crippen LogP contribution in [0, 0.1) is 0 Å². The average molecular weight is 129 g/mol. The van der Waals surface area contributed by atoms with Crippen LogP contribution in [0.2, 0.25) is 0 Å². The minimum atomic E-state index is -1.85. The molecule has 0 amide bonds. The van der Waals surface area contributed by atoms with Crippen LogP contribution in [0.15, 0.2) is 12.7 Å². The van der Waals surface area contributed by atoms with Gasteiger partial charge in [-0.3, -0.25) is 0 Å². The number of hydrogen-bond donors (Lipinski definition) is 1. The van der Waals surface area contributed by atoms with Crippen LogP contribution in [0.1, 0.15) is 13.3 Å². The fraction of sp³-hybridized carbons (Fsp3) is 0.500. The Hall–Kier alpha value is -0.830.